The fourth-order valence-electron chi connectivity index (χ4n) is 1.99. The Morgan fingerprint density at radius 2 is 2.05 bits per heavy atom. The van der Waals surface area contributed by atoms with Crippen molar-refractivity contribution in [3.05, 3.63) is 57.5 Å². The van der Waals surface area contributed by atoms with Gasteiger partial charge < -0.3 is 5.73 Å². The SMILES string of the molecule is Nc1ccc(-c2nnnn2Cc2cccc(Br)c2)cc1Cl. The second-order valence-corrected chi connectivity index (χ2v) is 5.85. The Hall–Kier alpha value is -1.92. The lowest BCUT2D eigenvalue weighted by atomic mass is 10.2. The van der Waals surface area contributed by atoms with Crippen LogP contribution in [0.4, 0.5) is 5.69 Å². The predicted molar refractivity (Wildman–Crippen MR) is 85.9 cm³/mol. The number of anilines is 1. The van der Waals surface area contributed by atoms with Crippen LogP contribution in [-0.2, 0) is 6.54 Å². The summed E-state index contributed by atoms with van der Waals surface area (Å²) in [6.07, 6.45) is 0. The minimum Gasteiger partial charge on any atom is -0.398 e. The number of nitrogen functional groups attached to an aromatic ring is 1. The average Bonchev–Trinajstić information content (AvgIpc) is 2.90. The van der Waals surface area contributed by atoms with E-state index >= 15 is 0 Å². The van der Waals surface area contributed by atoms with Crippen LogP contribution in [0.25, 0.3) is 11.4 Å². The largest absolute Gasteiger partial charge is 0.398 e. The summed E-state index contributed by atoms with van der Waals surface area (Å²) in [6, 6.07) is 13.4. The first kappa shape index (κ1) is 14.0. The molecule has 2 aromatic carbocycles. The summed E-state index contributed by atoms with van der Waals surface area (Å²) in [5, 5.41) is 12.3. The van der Waals surface area contributed by atoms with Crippen molar-refractivity contribution in [3.63, 3.8) is 0 Å². The maximum atomic E-state index is 6.06. The highest BCUT2D eigenvalue weighted by atomic mass is 79.9. The van der Waals surface area contributed by atoms with Crippen LogP contribution in [0.15, 0.2) is 46.9 Å². The Bertz CT molecular complexity index is 787. The fraction of sp³-hybridized carbons (Fsp3) is 0.0714. The molecule has 21 heavy (non-hydrogen) atoms. The number of benzene rings is 2. The molecule has 0 aliphatic carbocycles. The van der Waals surface area contributed by atoms with Crippen molar-refractivity contribution < 1.29 is 0 Å². The number of aromatic nitrogens is 4. The standard InChI is InChI=1S/C14H11BrClN5/c15-11-3-1-2-9(6-11)8-21-14(18-19-20-21)10-4-5-13(17)12(16)7-10/h1-7H,8,17H2. The van der Waals surface area contributed by atoms with E-state index in [1.54, 1.807) is 16.8 Å². The third-order valence-corrected chi connectivity index (χ3v) is 3.83. The van der Waals surface area contributed by atoms with Crippen LogP contribution in [0.1, 0.15) is 5.56 Å². The molecule has 0 saturated carbocycles. The lowest BCUT2D eigenvalue weighted by Gasteiger charge is -2.06. The Kier molecular flexibility index (Phi) is 3.90. The molecule has 0 unspecified atom stereocenters. The molecule has 0 saturated heterocycles. The highest BCUT2D eigenvalue weighted by molar-refractivity contribution is 9.10. The molecule has 5 nitrogen and oxygen atoms in total. The van der Waals surface area contributed by atoms with Gasteiger partial charge in [0.25, 0.3) is 0 Å². The number of nitrogens with zero attached hydrogens (tertiary/aromatic N) is 4. The van der Waals surface area contributed by atoms with Crippen molar-refractivity contribution in [1.82, 2.24) is 20.2 Å². The van der Waals surface area contributed by atoms with Crippen molar-refractivity contribution in [1.29, 1.82) is 0 Å². The smallest absolute Gasteiger partial charge is 0.182 e. The zero-order valence-corrected chi connectivity index (χ0v) is 13.2. The highest BCUT2D eigenvalue weighted by Crippen LogP contribution is 2.25. The summed E-state index contributed by atoms with van der Waals surface area (Å²) in [7, 11) is 0. The van der Waals surface area contributed by atoms with Gasteiger partial charge in [-0.3, -0.25) is 0 Å². The molecule has 3 aromatic rings. The molecule has 0 amide bonds. The van der Waals surface area contributed by atoms with Gasteiger partial charge in [0.2, 0.25) is 0 Å². The minimum atomic E-state index is 0.490. The molecule has 0 atom stereocenters. The van der Waals surface area contributed by atoms with Crippen LogP contribution in [0.3, 0.4) is 0 Å². The van der Waals surface area contributed by atoms with Crippen molar-refractivity contribution in [2.45, 2.75) is 6.54 Å². The molecule has 0 aliphatic heterocycles. The van der Waals surface area contributed by atoms with Crippen LogP contribution in [0.2, 0.25) is 5.02 Å². The average molecular weight is 365 g/mol. The van der Waals surface area contributed by atoms with E-state index in [0.717, 1.165) is 15.6 Å². The number of tetrazole rings is 1. The molecular formula is C14H11BrClN5. The first-order chi connectivity index (χ1) is 10.1. The topological polar surface area (TPSA) is 69.6 Å². The zero-order chi connectivity index (χ0) is 14.8. The van der Waals surface area contributed by atoms with Gasteiger partial charge in [0.15, 0.2) is 5.82 Å². The molecule has 0 bridgehead atoms. The Labute approximate surface area is 134 Å². The molecule has 0 radical (unpaired) electrons. The van der Waals surface area contributed by atoms with E-state index in [2.05, 4.69) is 31.5 Å². The molecule has 106 valence electrons. The molecular weight excluding hydrogens is 354 g/mol. The van der Waals surface area contributed by atoms with Crippen LogP contribution in [0, 0.1) is 0 Å². The fourth-order valence-corrected chi connectivity index (χ4v) is 2.62. The first-order valence-electron chi connectivity index (χ1n) is 6.19. The van der Waals surface area contributed by atoms with E-state index in [4.69, 9.17) is 17.3 Å². The highest BCUT2D eigenvalue weighted by Gasteiger charge is 2.11. The Morgan fingerprint density at radius 1 is 1.19 bits per heavy atom. The number of rotatable bonds is 3. The van der Waals surface area contributed by atoms with Gasteiger partial charge in [-0.2, -0.15) is 0 Å². The number of hydrogen-bond acceptors (Lipinski definition) is 4. The Morgan fingerprint density at radius 3 is 2.81 bits per heavy atom. The molecule has 3 rings (SSSR count). The van der Waals surface area contributed by atoms with Crippen molar-refractivity contribution >= 4 is 33.2 Å². The minimum absolute atomic E-state index is 0.490. The van der Waals surface area contributed by atoms with Crippen molar-refractivity contribution in [2.75, 3.05) is 5.73 Å². The molecule has 1 aromatic heterocycles. The third kappa shape index (κ3) is 3.06. The maximum absolute atomic E-state index is 6.06. The zero-order valence-electron chi connectivity index (χ0n) is 10.9. The monoisotopic (exact) mass is 363 g/mol. The van der Waals surface area contributed by atoms with Crippen LogP contribution >= 0.6 is 27.5 Å². The van der Waals surface area contributed by atoms with E-state index in [1.807, 2.05) is 30.3 Å². The van der Waals surface area contributed by atoms with Crippen molar-refractivity contribution in [3.8, 4) is 11.4 Å². The summed E-state index contributed by atoms with van der Waals surface area (Å²) in [4.78, 5) is 0. The van der Waals surface area contributed by atoms with Gasteiger partial charge in [0.1, 0.15) is 0 Å². The predicted octanol–water partition coefficient (Wildman–Crippen LogP) is 3.39. The van der Waals surface area contributed by atoms with Gasteiger partial charge in [-0.1, -0.05) is 39.7 Å². The van der Waals surface area contributed by atoms with Crippen molar-refractivity contribution in [2.24, 2.45) is 0 Å². The van der Waals surface area contributed by atoms with Crippen LogP contribution < -0.4 is 5.73 Å². The number of halogens is 2. The van der Waals surface area contributed by atoms with E-state index in [1.165, 1.54) is 0 Å². The normalized spacial score (nSPS) is 10.8. The lowest BCUT2D eigenvalue weighted by Crippen LogP contribution is -2.04. The van der Waals surface area contributed by atoms with Gasteiger partial charge in [-0.15, -0.1) is 5.10 Å². The lowest BCUT2D eigenvalue weighted by molar-refractivity contribution is 0.653. The quantitative estimate of drug-likeness (QED) is 0.723. The maximum Gasteiger partial charge on any atom is 0.182 e. The summed E-state index contributed by atoms with van der Waals surface area (Å²) in [6.45, 7) is 0.573. The summed E-state index contributed by atoms with van der Waals surface area (Å²) in [5.74, 6) is 0.650. The number of nitrogens with two attached hydrogens (primary N) is 1. The molecule has 2 N–H and O–H groups in total. The van der Waals surface area contributed by atoms with E-state index in [0.29, 0.717) is 23.1 Å². The van der Waals surface area contributed by atoms with Gasteiger partial charge in [-0.25, -0.2) is 4.68 Å². The van der Waals surface area contributed by atoms with Gasteiger partial charge in [0.05, 0.1) is 17.3 Å². The molecule has 1 heterocycles. The second kappa shape index (κ2) is 5.83. The summed E-state index contributed by atoms with van der Waals surface area (Å²) >= 11 is 9.51. The molecule has 0 aliphatic rings. The summed E-state index contributed by atoms with van der Waals surface area (Å²) < 4.78 is 2.74. The van der Waals surface area contributed by atoms with Gasteiger partial charge in [-0.05, 0) is 46.3 Å². The second-order valence-electron chi connectivity index (χ2n) is 4.53. The number of hydrogen-bond donors (Lipinski definition) is 1. The van der Waals surface area contributed by atoms with Gasteiger partial charge >= 0.3 is 0 Å². The van der Waals surface area contributed by atoms with Gasteiger partial charge in [0, 0.05) is 10.0 Å². The Balaban J connectivity index is 1.95. The van der Waals surface area contributed by atoms with Crippen LogP contribution in [0.5, 0.6) is 0 Å². The molecule has 0 spiro atoms. The van der Waals surface area contributed by atoms with Crippen LogP contribution in [-0.4, -0.2) is 20.2 Å². The van der Waals surface area contributed by atoms with E-state index in [9.17, 15) is 0 Å². The summed E-state index contributed by atoms with van der Waals surface area (Å²) in [5.41, 5.74) is 8.18. The third-order valence-electron chi connectivity index (χ3n) is 3.01. The molecule has 7 heteroatoms. The molecule has 0 fully saturated rings. The first-order valence-corrected chi connectivity index (χ1v) is 7.36. The van der Waals surface area contributed by atoms with E-state index < -0.39 is 0 Å². The van der Waals surface area contributed by atoms with E-state index in [-0.39, 0.29) is 0 Å².